The summed E-state index contributed by atoms with van der Waals surface area (Å²) in [6.07, 6.45) is 26.2. The highest BCUT2D eigenvalue weighted by atomic mass is 35.5. The van der Waals surface area contributed by atoms with E-state index in [9.17, 15) is 10.2 Å². The maximum Gasteiger partial charge on any atom is 0.141 e. The smallest absolute Gasteiger partial charge is 0.141 e. The molecule has 0 fully saturated rings. The third-order valence-electron chi connectivity index (χ3n) is 9.77. The monoisotopic (exact) mass is 616 g/mol. The second-order valence-corrected chi connectivity index (χ2v) is 13.7. The number of hydrogen-bond donors (Lipinski definition) is 2. The summed E-state index contributed by atoms with van der Waals surface area (Å²) in [6, 6.07) is 21.6. The maximum atomic E-state index is 12.2. The van der Waals surface area contributed by atoms with E-state index in [1.807, 2.05) is 54.6 Å². The molecule has 2 nitrogen and oxygen atoms in total. The molecule has 44 heavy (non-hydrogen) atoms. The third-order valence-corrected chi connectivity index (χ3v) is 10.0. The van der Waals surface area contributed by atoms with Gasteiger partial charge in [-0.05, 0) is 46.9 Å². The molecule has 3 heteroatoms. The Labute approximate surface area is 273 Å². The summed E-state index contributed by atoms with van der Waals surface area (Å²) in [5.74, 6) is 0. The van der Waals surface area contributed by atoms with Crippen molar-refractivity contribution in [2.24, 2.45) is 0 Å². The number of halogens is 1. The topological polar surface area (TPSA) is 40.5 Å². The van der Waals surface area contributed by atoms with Crippen LogP contribution in [0.5, 0.6) is 0 Å². The quantitative estimate of drug-likeness (QED) is 0.110. The van der Waals surface area contributed by atoms with Crippen LogP contribution in [0, 0.1) is 0 Å². The average Bonchev–Trinajstić information content (AvgIpc) is 3.30. The van der Waals surface area contributed by atoms with Crippen LogP contribution in [0.3, 0.4) is 0 Å². The lowest BCUT2D eigenvalue weighted by Crippen LogP contribution is -2.26. The molecule has 0 saturated carbocycles. The van der Waals surface area contributed by atoms with E-state index in [4.69, 9.17) is 11.6 Å². The van der Waals surface area contributed by atoms with Crippen molar-refractivity contribution in [2.45, 2.75) is 147 Å². The van der Waals surface area contributed by atoms with E-state index in [1.54, 1.807) is 0 Å². The zero-order valence-corrected chi connectivity index (χ0v) is 28.1. The van der Waals surface area contributed by atoms with Crippen LogP contribution >= 0.6 is 11.6 Å². The number of aliphatic hydroxyl groups is 2. The molecule has 0 bridgehead atoms. The summed E-state index contributed by atoms with van der Waals surface area (Å²) >= 11 is 6.16. The Morgan fingerprint density at radius 3 is 1.59 bits per heavy atom. The Morgan fingerprint density at radius 2 is 1.05 bits per heavy atom. The van der Waals surface area contributed by atoms with Gasteiger partial charge in [-0.3, -0.25) is 0 Å². The molecule has 0 spiro atoms. The molecular weight excluding hydrogens is 560 g/mol. The predicted molar refractivity (Wildman–Crippen MR) is 188 cm³/mol. The molecule has 1 aliphatic carbocycles. The van der Waals surface area contributed by atoms with E-state index in [2.05, 4.69) is 19.1 Å². The number of fused-ring (bicyclic) bond motifs is 3. The molecule has 1 aliphatic rings. The van der Waals surface area contributed by atoms with Crippen molar-refractivity contribution >= 4 is 11.6 Å². The largest absolute Gasteiger partial charge is 0.388 e. The first-order valence-electron chi connectivity index (χ1n) is 18.0. The van der Waals surface area contributed by atoms with Gasteiger partial charge in [0.05, 0.1) is 6.10 Å². The normalized spacial score (nSPS) is 16.2. The lowest BCUT2D eigenvalue weighted by atomic mass is 9.83. The molecular formula is C41H57ClO2. The molecule has 2 atom stereocenters. The molecule has 240 valence electrons. The van der Waals surface area contributed by atoms with Gasteiger partial charge in [-0.2, -0.15) is 0 Å². The van der Waals surface area contributed by atoms with Crippen LogP contribution in [0.1, 0.15) is 164 Å². The van der Waals surface area contributed by atoms with Gasteiger partial charge in [-0.1, -0.05) is 189 Å². The van der Waals surface area contributed by atoms with E-state index < -0.39 is 11.7 Å². The fourth-order valence-electron chi connectivity index (χ4n) is 7.07. The van der Waals surface area contributed by atoms with Gasteiger partial charge in [-0.25, -0.2) is 0 Å². The molecule has 0 heterocycles. The number of benzene rings is 3. The van der Waals surface area contributed by atoms with E-state index in [-0.39, 0.29) is 0 Å². The van der Waals surface area contributed by atoms with Gasteiger partial charge in [0.15, 0.2) is 0 Å². The van der Waals surface area contributed by atoms with E-state index in [0.29, 0.717) is 5.02 Å². The molecule has 3 aromatic rings. The summed E-state index contributed by atoms with van der Waals surface area (Å²) in [7, 11) is 0. The van der Waals surface area contributed by atoms with Crippen molar-refractivity contribution in [3.63, 3.8) is 0 Å². The first kappa shape index (κ1) is 34.7. The van der Waals surface area contributed by atoms with Crippen molar-refractivity contribution in [1.29, 1.82) is 0 Å². The van der Waals surface area contributed by atoms with Crippen molar-refractivity contribution < 1.29 is 10.2 Å². The highest BCUT2D eigenvalue weighted by Crippen LogP contribution is 2.51. The maximum absolute atomic E-state index is 12.2. The number of rotatable bonds is 22. The van der Waals surface area contributed by atoms with E-state index >= 15 is 0 Å². The van der Waals surface area contributed by atoms with Gasteiger partial charge in [0.1, 0.15) is 5.60 Å². The van der Waals surface area contributed by atoms with Gasteiger partial charge >= 0.3 is 0 Å². The highest BCUT2D eigenvalue weighted by Gasteiger charge is 2.43. The summed E-state index contributed by atoms with van der Waals surface area (Å²) in [5.41, 5.74) is 4.19. The molecule has 0 radical (unpaired) electrons. The molecule has 0 aromatic heterocycles. The van der Waals surface area contributed by atoms with Crippen LogP contribution in [0.25, 0.3) is 11.1 Å². The summed E-state index contributed by atoms with van der Waals surface area (Å²) in [5, 5.41) is 23.9. The Hall–Kier alpha value is -2.13. The Bertz CT molecular complexity index is 1240. The zero-order valence-electron chi connectivity index (χ0n) is 27.3. The lowest BCUT2D eigenvalue weighted by molar-refractivity contribution is 0.129. The van der Waals surface area contributed by atoms with Crippen molar-refractivity contribution in [3.8, 4) is 11.1 Å². The second kappa shape index (κ2) is 18.7. The molecule has 2 unspecified atom stereocenters. The minimum absolute atomic E-state index is 0.524. The van der Waals surface area contributed by atoms with Gasteiger partial charge in [0, 0.05) is 16.1 Å². The summed E-state index contributed by atoms with van der Waals surface area (Å²) < 4.78 is 0. The SMILES string of the molecule is CCCCCCCCCCCCCCCCCCCCCC(O)c1ccc2c(c1)C(O)(c1ccc(Cl)cc1)c1ccccc1-2. The Kier molecular flexibility index (Phi) is 14.8. The molecule has 0 saturated heterocycles. The summed E-state index contributed by atoms with van der Waals surface area (Å²) in [6.45, 7) is 2.29. The number of unbranched alkanes of at least 4 members (excludes halogenated alkanes) is 18. The number of aliphatic hydroxyl groups excluding tert-OH is 1. The van der Waals surface area contributed by atoms with Crippen LogP contribution < -0.4 is 0 Å². The van der Waals surface area contributed by atoms with Crippen molar-refractivity contribution in [3.05, 3.63) is 94.0 Å². The van der Waals surface area contributed by atoms with Crippen molar-refractivity contribution in [1.82, 2.24) is 0 Å². The highest BCUT2D eigenvalue weighted by molar-refractivity contribution is 6.30. The van der Waals surface area contributed by atoms with Gasteiger partial charge in [0.25, 0.3) is 0 Å². The minimum atomic E-state index is -1.26. The molecule has 2 N–H and O–H groups in total. The Morgan fingerprint density at radius 1 is 0.568 bits per heavy atom. The zero-order chi connectivity index (χ0) is 31.0. The van der Waals surface area contributed by atoms with Gasteiger partial charge in [0.2, 0.25) is 0 Å². The van der Waals surface area contributed by atoms with Gasteiger partial charge in [-0.15, -0.1) is 0 Å². The second-order valence-electron chi connectivity index (χ2n) is 13.2. The third kappa shape index (κ3) is 9.68. The fourth-order valence-corrected chi connectivity index (χ4v) is 7.19. The molecule has 0 aliphatic heterocycles. The van der Waals surface area contributed by atoms with E-state index in [1.165, 1.54) is 116 Å². The average molecular weight is 617 g/mol. The minimum Gasteiger partial charge on any atom is -0.388 e. The molecule has 0 amide bonds. The lowest BCUT2D eigenvalue weighted by Gasteiger charge is -2.27. The first-order valence-corrected chi connectivity index (χ1v) is 18.3. The fraction of sp³-hybridized carbons (Fsp3) is 0.561. The van der Waals surface area contributed by atoms with Gasteiger partial charge < -0.3 is 10.2 Å². The first-order chi connectivity index (χ1) is 21.6. The van der Waals surface area contributed by atoms with Crippen LogP contribution in [-0.2, 0) is 5.60 Å². The van der Waals surface area contributed by atoms with Crippen LogP contribution in [-0.4, -0.2) is 10.2 Å². The number of hydrogen-bond acceptors (Lipinski definition) is 2. The molecule has 4 rings (SSSR count). The predicted octanol–water partition coefficient (Wildman–Crippen LogP) is 12.5. The van der Waals surface area contributed by atoms with E-state index in [0.717, 1.165) is 46.2 Å². The van der Waals surface area contributed by atoms with Crippen LogP contribution in [0.2, 0.25) is 5.02 Å². The van der Waals surface area contributed by atoms with Crippen molar-refractivity contribution in [2.75, 3.05) is 0 Å². The molecule has 3 aromatic carbocycles. The summed E-state index contributed by atoms with van der Waals surface area (Å²) in [4.78, 5) is 0. The standard InChI is InChI=1S/C41H57ClO2/c1-2-3-4-5-6-7-8-9-10-11-12-13-14-15-16-17-18-19-20-25-40(43)33-26-31-37-36-23-21-22-24-38(36)41(44,39(37)32-33)34-27-29-35(42)30-28-34/h21-24,26-32,40,43-44H,2-20,25H2,1H3. The Balaban J connectivity index is 1.10. The van der Waals surface area contributed by atoms with Crippen LogP contribution in [0.15, 0.2) is 66.7 Å². The van der Waals surface area contributed by atoms with Crippen LogP contribution in [0.4, 0.5) is 0 Å².